The molecule has 0 spiro atoms. The molecule has 0 atom stereocenters. The molecule has 1 N–H and O–H groups in total. The van der Waals surface area contributed by atoms with Crippen molar-refractivity contribution >= 4 is 23.0 Å². The normalized spacial score (nSPS) is 14.6. The van der Waals surface area contributed by atoms with E-state index in [0.717, 1.165) is 5.52 Å². The lowest BCUT2D eigenvalue weighted by molar-refractivity contribution is -0.417. The first-order valence-corrected chi connectivity index (χ1v) is 5.04. The van der Waals surface area contributed by atoms with Crippen molar-refractivity contribution in [2.24, 2.45) is 0 Å². The summed E-state index contributed by atoms with van der Waals surface area (Å²) in [6.07, 6.45) is 1.39. The van der Waals surface area contributed by atoms with Crippen LogP contribution >= 0.6 is 0 Å². The van der Waals surface area contributed by atoms with E-state index in [1.165, 1.54) is 6.08 Å². The molecular weight excluding hydrogens is 222 g/mol. The number of benzene rings is 1. The van der Waals surface area contributed by atoms with Crippen LogP contribution in [0, 0.1) is 4.91 Å². The van der Waals surface area contributed by atoms with Crippen molar-refractivity contribution in [3.63, 3.8) is 0 Å². The number of hydrogen-bond acceptors (Lipinski definition) is 3. The van der Waals surface area contributed by atoms with Crippen LogP contribution in [0.4, 0.5) is 5.95 Å². The third-order valence-electron chi connectivity index (χ3n) is 2.72. The van der Waals surface area contributed by atoms with Gasteiger partial charge in [0.25, 0.3) is 0 Å². The Kier molecular flexibility index (Phi) is 1.85. The van der Waals surface area contributed by atoms with Gasteiger partial charge in [0.1, 0.15) is 5.52 Å². The summed E-state index contributed by atoms with van der Waals surface area (Å²) in [5.74, 6) is -1.12. The van der Waals surface area contributed by atoms with Gasteiger partial charge < -0.3 is 5.11 Å². The predicted octanol–water partition coefficient (Wildman–Crippen LogP) is 1.43. The number of nitroso groups, excluding NO2 is 1. The molecule has 0 fully saturated rings. The average molecular weight is 230 g/mol. The lowest BCUT2D eigenvalue weighted by Gasteiger charge is -2.05. The van der Waals surface area contributed by atoms with Crippen molar-refractivity contribution in [2.45, 2.75) is 6.54 Å². The highest BCUT2D eigenvalue weighted by molar-refractivity contribution is 5.85. The molecule has 0 saturated heterocycles. The molecule has 1 aromatic heterocycles. The van der Waals surface area contributed by atoms with Crippen LogP contribution < -0.4 is 0 Å². The van der Waals surface area contributed by atoms with Crippen LogP contribution in [0.3, 0.4) is 0 Å². The molecule has 0 unspecified atom stereocenters. The number of fused-ring (bicyclic) bond motifs is 3. The molecule has 1 aliphatic heterocycles. The zero-order valence-corrected chi connectivity index (χ0v) is 8.70. The third-order valence-corrected chi connectivity index (χ3v) is 2.72. The number of hydrogen-bond donors (Lipinski definition) is 1. The zero-order chi connectivity index (χ0) is 12.0. The first-order valence-electron chi connectivity index (χ1n) is 5.04. The van der Waals surface area contributed by atoms with Crippen LogP contribution in [-0.2, 0) is 11.3 Å². The number of imidazole rings is 1. The maximum absolute atomic E-state index is 11.8. The first-order chi connectivity index (χ1) is 8.18. The minimum Gasteiger partial charge on any atom is -0.475 e. The monoisotopic (exact) mass is 230 g/mol. The summed E-state index contributed by atoms with van der Waals surface area (Å²) in [6.45, 7) is 0.343. The van der Waals surface area contributed by atoms with Gasteiger partial charge in [-0.1, -0.05) is 22.0 Å². The topological polar surface area (TPSA) is 75.2 Å². The molecule has 0 amide bonds. The Bertz CT molecular complexity index is 684. The van der Waals surface area contributed by atoms with Gasteiger partial charge in [0.05, 0.1) is 6.54 Å². The molecule has 0 saturated carbocycles. The second kappa shape index (κ2) is 3.24. The van der Waals surface area contributed by atoms with Crippen LogP contribution in [0.1, 0.15) is 0 Å². The van der Waals surface area contributed by atoms with Crippen LogP contribution in [-0.4, -0.2) is 25.4 Å². The molecule has 2 aromatic rings. The smallest absolute Gasteiger partial charge is 0.441 e. The Labute approximate surface area is 95.4 Å². The zero-order valence-electron chi connectivity index (χ0n) is 8.70. The molecule has 0 bridgehead atoms. The SMILES string of the molecule is O=C(O)C1=CCn2c(nc3ccccc32)[N+]1=O. The van der Waals surface area contributed by atoms with Gasteiger partial charge >= 0.3 is 11.9 Å². The number of carbonyl (C=O) groups is 1. The molecule has 6 heteroatoms. The highest BCUT2D eigenvalue weighted by atomic mass is 16.4. The average Bonchev–Trinajstić information content (AvgIpc) is 2.69. The molecule has 17 heavy (non-hydrogen) atoms. The van der Waals surface area contributed by atoms with E-state index in [9.17, 15) is 9.70 Å². The van der Waals surface area contributed by atoms with E-state index >= 15 is 0 Å². The minimum atomic E-state index is -1.24. The van der Waals surface area contributed by atoms with Crippen molar-refractivity contribution in [1.82, 2.24) is 9.55 Å². The number of para-hydroxylation sites is 2. The standard InChI is InChI=1S/C11H7N3O3/c15-10(16)9-5-6-13-8-4-2-1-3-7(8)12-11(13)14(9)17/h1-5H,6H2/p+1. The van der Waals surface area contributed by atoms with Crippen molar-refractivity contribution in [1.29, 1.82) is 0 Å². The largest absolute Gasteiger partial charge is 0.475 e. The number of aliphatic carboxylic acids is 1. The second-order valence-corrected chi connectivity index (χ2v) is 3.70. The number of aromatic nitrogens is 2. The maximum Gasteiger partial charge on any atom is 0.441 e. The summed E-state index contributed by atoms with van der Waals surface area (Å²) < 4.78 is 2.04. The van der Waals surface area contributed by atoms with Crippen LogP contribution in [0.25, 0.3) is 11.0 Å². The summed E-state index contributed by atoms with van der Waals surface area (Å²) in [6, 6.07) is 7.30. The number of allylic oxidation sites excluding steroid dienone is 1. The fourth-order valence-electron chi connectivity index (χ4n) is 1.94. The first kappa shape index (κ1) is 9.71. The molecule has 3 rings (SSSR count). The summed E-state index contributed by atoms with van der Waals surface area (Å²) >= 11 is 0. The van der Waals surface area contributed by atoms with E-state index in [0.29, 0.717) is 16.8 Å². The molecule has 0 aliphatic carbocycles. The fourth-order valence-corrected chi connectivity index (χ4v) is 1.94. The Morgan fingerprint density at radius 3 is 2.94 bits per heavy atom. The van der Waals surface area contributed by atoms with Crippen LogP contribution in [0.5, 0.6) is 0 Å². The van der Waals surface area contributed by atoms with Gasteiger partial charge in [-0.2, -0.15) is 0 Å². The summed E-state index contributed by atoms with van der Waals surface area (Å²) in [4.78, 5) is 26.8. The highest BCUT2D eigenvalue weighted by Gasteiger charge is 2.34. The number of rotatable bonds is 1. The number of nitrogens with zero attached hydrogens (tertiary/aromatic N) is 3. The van der Waals surface area contributed by atoms with Gasteiger partial charge in [0.2, 0.25) is 5.70 Å². The Hall–Kier alpha value is -2.50. The van der Waals surface area contributed by atoms with E-state index < -0.39 is 5.97 Å². The minimum absolute atomic E-state index is 0.117. The highest BCUT2D eigenvalue weighted by Crippen LogP contribution is 2.26. The molecule has 1 aliphatic rings. The molecule has 1 aromatic carbocycles. The van der Waals surface area contributed by atoms with Gasteiger partial charge in [-0.05, 0) is 12.1 Å². The van der Waals surface area contributed by atoms with E-state index in [-0.39, 0.29) is 11.6 Å². The van der Waals surface area contributed by atoms with Crippen molar-refractivity contribution < 1.29 is 14.7 Å². The lowest BCUT2D eigenvalue weighted by Crippen LogP contribution is -2.19. The molecule has 6 nitrogen and oxygen atoms in total. The van der Waals surface area contributed by atoms with Gasteiger partial charge in [0.15, 0.2) is 5.52 Å². The van der Waals surface area contributed by atoms with Crippen molar-refractivity contribution in [3.8, 4) is 0 Å². The molecule has 0 radical (unpaired) electrons. The second-order valence-electron chi connectivity index (χ2n) is 3.70. The molecule has 84 valence electrons. The summed E-state index contributed by atoms with van der Waals surface area (Å²) in [5, 5.41) is 8.86. The van der Waals surface area contributed by atoms with Gasteiger partial charge in [-0.15, -0.1) is 0 Å². The lowest BCUT2D eigenvalue weighted by atomic mass is 10.3. The van der Waals surface area contributed by atoms with E-state index in [1.807, 2.05) is 18.2 Å². The third kappa shape index (κ3) is 1.27. The van der Waals surface area contributed by atoms with Gasteiger partial charge in [-0.3, -0.25) is 0 Å². The van der Waals surface area contributed by atoms with Crippen molar-refractivity contribution in [2.75, 3.05) is 0 Å². The Morgan fingerprint density at radius 2 is 2.18 bits per heavy atom. The molecular formula is C11H8N3O3+. The van der Waals surface area contributed by atoms with Crippen LogP contribution in [0.15, 0.2) is 36.0 Å². The van der Waals surface area contributed by atoms with Gasteiger partial charge in [-0.25, -0.2) is 9.36 Å². The summed E-state index contributed by atoms with van der Waals surface area (Å²) in [7, 11) is 0. The fraction of sp³-hybridized carbons (Fsp3) is 0.0909. The quantitative estimate of drug-likeness (QED) is 0.752. The molecule has 2 heterocycles. The van der Waals surface area contributed by atoms with Gasteiger partial charge in [0, 0.05) is 10.8 Å². The number of carboxylic acid groups (broad SMARTS) is 1. The Morgan fingerprint density at radius 1 is 1.41 bits per heavy atom. The van der Waals surface area contributed by atoms with E-state index in [4.69, 9.17) is 5.11 Å². The maximum atomic E-state index is 11.8. The van der Waals surface area contributed by atoms with Crippen LogP contribution in [0.2, 0.25) is 0 Å². The predicted molar refractivity (Wildman–Crippen MR) is 58.7 cm³/mol. The summed E-state index contributed by atoms with van der Waals surface area (Å²) in [5.41, 5.74) is 1.22. The van der Waals surface area contributed by atoms with E-state index in [2.05, 4.69) is 4.98 Å². The van der Waals surface area contributed by atoms with E-state index in [1.54, 1.807) is 10.6 Å². The Balaban J connectivity index is 2.24. The number of carboxylic acids is 1. The van der Waals surface area contributed by atoms with Crippen molar-refractivity contribution in [3.05, 3.63) is 40.9 Å².